The molecule has 0 radical (unpaired) electrons. The summed E-state index contributed by atoms with van der Waals surface area (Å²) in [5, 5.41) is -0.193. The van der Waals surface area contributed by atoms with Gasteiger partial charge in [0.05, 0.1) is 5.56 Å². The maximum Gasteiger partial charge on any atom is 0.412 e. The standard InChI is InChI=1S/C10H10ClF3N2O2/c1-2-5-6(11)15-8(18)16(7(5)17)9(3-4-9)10(12,13)14/h2-4H2,1H3,(H,15,18). The lowest BCUT2D eigenvalue weighted by Gasteiger charge is -2.21. The van der Waals surface area contributed by atoms with Crippen molar-refractivity contribution in [1.29, 1.82) is 0 Å². The molecule has 0 amide bonds. The fraction of sp³-hybridized carbons (Fsp3) is 0.600. The maximum absolute atomic E-state index is 12.9. The lowest BCUT2D eigenvalue weighted by atomic mass is 10.2. The van der Waals surface area contributed by atoms with E-state index in [2.05, 4.69) is 4.98 Å². The van der Waals surface area contributed by atoms with Gasteiger partial charge in [0.15, 0.2) is 0 Å². The van der Waals surface area contributed by atoms with Gasteiger partial charge in [-0.15, -0.1) is 0 Å². The molecule has 18 heavy (non-hydrogen) atoms. The van der Waals surface area contributed by atoms with Gasteiger partial charge >= 0.3 is 11.9 Å². The molecule has 0 aliphatic heterocycles. The first kappa shape index (κ1) is 13.2. The predicted molar refractivity (Wildman–Crippen MR) is 59.0 cm³/mol. The summed E-state index contributed by atoms with van der Waals surface area (Å²) in [7, 11) is 0. The van der Waals surface area contributed by atoms with Crippen LogP contribution in [0.15, 0.2) is 9.59 Å². The molecule has 1 N–H and O–H groups in total. The van der Waals surface area contributed by atoms with Gasteiger partial charge in [-0.1, -0.05) is 18.5 Å². The van der Waals surface area contributed by atoms with Crippen molar-refractivity contribution in [3.05, 3.63) is 31.6 Å². The number of H-pyrrole nitrogens is 1. The number of halogens is 4. The molecule has 0 unspecified atom stereocenters. The summed E-state index contributed by atoms with van der Waals surface area (Å²) in [6, 6.07) is 0. The first-order valence-corrected chi connectivity index (χ1v) is 5.73. The van der Waals surface area contributed by atoms with Gasteiger partial charge in [0, 0.05) is 0 Å². The van der Waals surface area contributed by atoms with Crippen molar-refractivity contribution in [2.24, 2.45) is 0 Å². The summed E-state index contributed by atoms with van der Waals surface area (Å²) in [5.74, 6) is 0. The highest BCUT2D eigenvalue weighted by Crippen LogP contribution is 2.54. The number of aromatic nitrogens is 2. The van der Waals surface area contributed by atoms with E-state index in [0.717, 1.165) is 0 Å². The Balaban J connectivity index is 2.75. The molecule has 1 heterocycles. The number of rotatable bonds is 2. The molecule has 1 aliphatic carbocycles. The average molecular weight is 283 g/mol. The second-order valence-electron chi connectivity index (χ2n) is 4.25. The largest absolute Gasteiger partial charge is 0.412 e. The van der Waals surface area contributed by atoms with Crippen LogP contribution >= 0.6 is 11.6 Å². The third kappa shape index (κ3) is 1.68. The summed E-state index contributed by atoms with van der Waals surface area (Å²) in [6.45, 7) is 1.58. The highest BCUT2D eigenvalue weighted by atomic mass is 35.5. The van der Waals surface area contributed by atoms with Gasteiger partial charge in [-0.2, -0.15) is 13.2 Å². The Morgan fingerprint density at radius 3 is 2.33 bits per heavy atom. The number of hydrogen-bond acceptors (Lipinski definition) is 2. The summed E-state index contributed by atoms with van der Waals surface area (Å²) >= 11 is 5.64. The SMILES string of the molecule is CCc1c(Cl)[nH]c(=O)n(C2(C(F)(F)F)CC2)c1=O. The Hall–Kier alpha value is -1.24. The third-order valence-corrected chi connectivity index (χ3v) is 3.50. The van der Waals surface area contributed by atoms with Crippen LogP contribution in [0.5, 0.6) is 0 Å². The van der Waals surface area contributed by atoms with Crippen LogP contribution in [0.4, 0.5) is 13.2 Å². The van der Waals surface area contributed by atoms with E-state index in [0.29, 0.717) is 0 Å². The fourth-order valence-corrected chi connectivity index (χ4v) is 2.29. The number of hydrogen-bond donors (Lipinski definition) is 1. The Labute approximate surface area is 104 Å². The van der Waals surface area contributed by atoms with Crippen LogP contribution in [0, 0.1) is 0 Å². The lowest BCUT2D eigenvalue weighted by molar-refractivity contribution is -0.181. The normalized spacial score (nSPS) is 17.8. The molecule has 100 valence electrons. The minimum absolute atomic E-state index is 0.00760. The molecule has 1 aromatic rings. The van der Waals surface area contributed by atoms with Crippen molar-refractivity contribution >= 4 is 11.6 Å². The van der Waals surface area contributed by atoms with E-state index < -0.39 is 23.0 Å². The molecule has 0 aromatic carbocycles. The van der Waals surface area contributed by atoms with E-state index in [9.17, 15) is 22.8 Å². The van der Waals surface area contributed by atoms with Gasteiger partial charge in [-0.3, -0.25) is 9.78 Å². The number of nitrogens with zero attached hydrogens (tertiary/aromatic N) is 1. The molecule has 0 atom stereocenters. The topological polar surface area (TPSA) is 54.9 Å². The summed E-state index contributed by atoms with van der Waals surface area (Å²) < 4.78 is 39.1. The van der Waals surface area contributed by atoms with E-state index in [1.807, 2.05) is 0 Å². The lowest BCUT2D eigenvalue weighted by Crippen LogP contribution is -2.50. The van der Waals surface area contributed by atoms with Crippen molar-refractivity contribution in [2.75, 3.05) is 0 Å². The predicted octanol–water partition coefficient (Wildman–Crippen LogP) is 1.80. The smallest absolute Gasteiger partial charge is 0.297 e. The van der Waals surface area contributed by atoms with Gasteiger partial charge in [-0.05, 0) is 19.3 Å². The first-order valence-electron chi connectivity index (χ1n) is 5.35. The Morgan fingerprint density at radius 1 is 1.39 bits per heavy atom. The average Bonchev–Trinajstić information content (AvgIpc) is 2.97. The molecule has 0 saturated heterocycles. The van der Waals surface area contributed by atoms with Crippen LogP contribution in [0.2, 0.25) is 5.15 Å². The van der Waals surface area contributed by atoms with E-state index in [-0.39, 0.29) is 34.5 Å². The molecular weight excluding hydrogens is 273 g/mol. The second kappa shape index (κ2) is 3.88. The van der Waals surface area contributed by atoms with Crippen molar-refractivity contribution in [1.82, 2.24) is 9.55 Å². The van der Waals surface area contributed by atoms with Crippen molar-refractivity contribution in [3.63, 3.8) is 0 Å². The van der Waals surface area contributed by atoms with Gasteiger partial charge < -0.3 is 0 Å². The number of nitrogens with one attached hydrogen (secondary N) is 1. The van der Waals surface area contributed by atoms with Crippen LogP contribution in [-0.4, -0.2) is 15.7 Å². The zero-order valence-electron chi connectivity index (χ0n) is 9.40. The summed E-state index contributed by atoms with van der Waals surface area (Å²) in [5.41, 5.74) is -4.43. The molecule has 1 aromatic heterocycles. The molecule has 1 saturated carbocycles. The van der Waals surface area contributed by atoms with Gasteiger partial charge in [0.2, 0.25) is 0 Å². The highest BCUT2D eigenvalue weighted by Gasteiger charge is 2.66. The van der Waals surface area contributed by atoms with Crippen molar-refractivity contribution in [3.8, 4) is 0 Å². The Morgan fingerprint density at radius 2 is 1.94 bits per heavy atom. The van der Waals surface area contributed by atoms with Crippen LogP contribution in [-0.2, 0) is 12.0 Å². The minimum Gasteiger partial charge on any atom is -0.297 e. The highest BCUT2D eigenvalue weighted by molar-refractivity contribution is 6.30. The van der Waals surface area contributed by atoms with Gasteiger partial charge in [-0.25, -0.2) is 9.36 Å². The van der Waals surface area contributed by atoms with Crippen molar-refractivity contribution in [2.45, 2.75) is 37.9 Å². The molecule has 1 fully saturated rings. The second-order valence-corrected chi connectivity index (χ2v) is 4.62. The van der Waals surface area contributed by atoms with E-state index >= 15 is 0 Å². The summed E-state index contributed by atoms with van der Waals surface area (Å²) in [4.78, 5) is 25.6. The van der Waals surface area contributed by atoms with Crippen LogP contribution in [0.3, 0.4) is 0 Å². The monoisotopic (exact) mass is 282 g/mol. The van der Waals surface area contributed by atoms with Crippen LogP contribution in [0.1, 0.15) is 25.3 Å². The zero-order chi connectivity index (χ0) is 13.7. The third-order valence-electron chi connectivity index (χ3n) is 3.18. The van der Waals surface area contributed by atoms with Crippen LogP contribution in [0.25, 0.3) is 0 Å². The van der Waals surface area contributed by atoms with Gasteiger partial charge in [0.1, 0.15) is 10.7 Å². The van der Waals surface area contributed by atoms with Gasteiger partial charge in [0.25, 0.3) is 5.56 Å². The Bertz CT molecular complexity index is 599. The van der Waals surface area contributed by atoms with Crippen molar-refractivity contribution < 1.29 is 13.2 Å². The van der Waals surface area contributed by atoms with E-state index in [4.69, 9.17) is 11.6 Å². The molecule has 4 nitrogen and oxygen atoms in total. The first-order chi connectivity index (χ1) is 8.24. The quantitative estimate of drug-likeness (QED) is 0.841. The minimum atomic E-state index is -4.62. The molecule has 0 bridgehead atoms. The van der Waals surface area contributed by atoms with E-state index in [1.165, 1.54) is 0 Å². The van der Waals surface area contributed by atoms with E-state index in [1.54, 1.807) is 6.92 Å². The molecular formula is C10H10ClF3N2O2. The zero-order valence-corrected chi connectivity index (χ0v) is 10.2. The molecule has 0 spiro atoms. The molecule has 8 heteroatoms. The molecule has 1 aliphatic rings. The van der Waals surface area contributed by atoms with Crippen LogP contribution < -0.4 is 11.2 Å². The maximum atomic E-state index is 12.9. The number of alkyl halides is 3. The number of aromatic amines is 1. The fourth-order valence-electron chi connectivity index (χ4n) is 1.99. The Kier molecular flexibility index (Phi) is 2.84. The molecule has 2 rings (SSSR count). The summed E-state index contributed by atoms with van der Waals surface area (Å²) in [6.07, 6.45) is -4.99.